The molecule has 184 valence electrons. The molecule has 0 radical (unpaired) electrons. The van der Waals surface area contributed by atoms with Gasteiger partial charge in [0.2, 0.25) is 11.8 Å². The summed E-state index contributed by atoms with van der Waals surface area (Å²) >= 11 is 0. The van der Waals surface area contributed by atoms with Crippen molar-refractivity contribution < 1.29 is 14.7 Å². The van der Waals surface area contributed by atoms with Crippen LogP contribution in [0, 0.1) is 5.41 Å². The number of hydrogen-bond acceptors (Lipinski definition) is 4. The Labute approximate surface area is 201 Å². The number of amides is 2. The molecule has 0 saturated carbocycles. The number of rotatable bonds is 8. The van der Waals surface area contributed by atoms with E-state index in [-0.39, 0.29) is 36.2 Å². The SMILES string of the molecule is CCn1c(CC[C@@H]2CCCN2C(=O)[C@H]2CCCN2C(=O)CC(C)O)cc2ccc(C(=N)N)cc21. The van der Waals surface area contributed by atoms with Crippen molar-refractivity contribution in [3.63, 3.8) is 0 Å². The standard InChI is InChI=1S/C26H37N5O3/c1-3-29-21(15-18-8-9-19(25(27)28)16-23(18)29)11-10-20-6-4-12-30(20)26(34)22-7-5-13-31(22)24(33)14-17(2)32/h8-9,15-17,20,22,32H,3-7,10-14H2,1-2H3,(H3,27,28)/t17?,20-,22+/m0/s1. The summed E-state index contributed by atoms with van der Waals surface area (Å²) in [5.74, 6) is 0.0142. The molecule has 34 heavy (non-hydrogen) atoms. The predicted octanol–water partition coefficient (Wildman–Crippen LogP) is 2.63. The number of aliphatic hydroxyl groups excluding tert-OH is 1. The number of nitrogens with zero attached hydrogens (tertiary/aromatic N) is 3. The maximum absolute atomic E-state index is 13.5. The van der Waals surface area contributed by atoms with Crippen molar-refractivity contribution in [3.05, 3.63) is 35.5 Å². The number of nitrogens with one attached hydrogen (secondary N) is 1. The van der Waals surface area contributed by atoms with Crippen molar-refractivity contribution in [2.24, 2.45) is 5.73 Å². The molecule has 4 rings (SSSR count). The molecular formula is C26H37N5O3. The average Bonchev–Trinajstić information content (AvgIpc) is 3.53. The van der Waals surface area contributed by atoms with Gasteiger partial charge in [0.25, 0.3) is 0 Å². The smallest absolute Gasteiger partial charge is 0.245 e. The highest BCUT2D eigenvalue weighted by atomic mass is 16.3. The lowest BCUT2D eigenvalue weighted by Crippen LogP contribution is -2.49. The van der Waals surface area contributed by atoms with Crippen LogP contribution < -0.4 is 5.73 Å². The van der Waals surface area contributed by atoms with E-state index >= 15 is 0 Å². The Morgan fingerprint density at radius 1 is 1.18 bits per heavy atom. The maximum atomic E-state index is 13.5. The third-order valence-electron chi connectivity index (χ3n) is 7.34. The lowest BCUT2D eigenvalue weighted by Gasteiger charge is -2.32. The van der Waals surface area contributed by atoms with Gasteiger partial charge in [-0.3, -0.25) is 15.0 Å². The van der Waals surface area contributed by atoms with Gasteiger partial charge in [0.1, 0.15) is 11.9 Å². The van der Waals surface area contributed by atoms with Gasteiger partial charge in [-0.15, -0.1) is 0 Å². The summed E-state index contributed by atoms with van der Waals surface area (Å²) in [5.41, 5.74) is 8.73. The van der Waals surface area contributed by atoms with E-state index in [9.17, 15) is 14.7 Å². The molecule has 8 heteroatoms. The number of benzene rings is 1. The van der Waals surface area contributed by atoms with Crippen LogP contribution in [0.25, 0.3) is 10.9 Å². The summed E-state index contributed by atoms with van der Waals surface area (Å²) in [6.45, 7) is 5.90. The Balaban J connectivity index is 1.46. The number of likely N-dealkylation sites (tertiary alicyclic amines) is 2. The van der Waals surface area contributed by atoms with Gasteiger partial charge in [-0.1, -0.05) is 12.1 Å². The Morgan fingerprint density at radius 2 is 1.91 bits per heavy atom. The highest BCUT2D eigenvalue weighted by molar-refractivity contribution is 5.98. The summed E-state index contributed by atoms with van der Waals surface area (Å²) in [6, 6.07) is 7.88. The van der Waals surface area contributed by atoms with Crippen LogP contribution in [-0.2, 0) is 22.6 Å². The molecule has 0 bridgehead atoms. The van der Waals surface area contributed by atoms with Crippen molar-refractivity contribution in [1.82, 2.24) is 14.4 Å². The van der Waals surface area contributed by atoms with Gasteiger partial charge >= 0.3 is 0 Å². The summed E-state index contributed by atoms with van der Waals surface area (Å²) in [4.78, 5) is 29.7. The summed E-state index contributed by atoms with van der Waals surface area (Å²) < 4.78 is 2.27. The second-order valence-electron chi connectivity index (χ2n) is 9.73. The molecule has 2 saturated heterocycles. The highest BCUT2D eigenvalue weighted by Gasteiger charge is 2.39. The number of amidine groups is 1. The third kappa shape index (κ3) is 4.82. The molecule has 1 aromatic carbocycles. The predicted molar refractivity (Wildman–Crippen MR) is 133 cm³/mol. The van der Waals surface area contributed by atoms with E-state index in [1.165, 1.54) is 5.69 Å². The Morgan fingerprint density at radius 3 is 2.62 bits per heavy atom. The number of fused-ring (bicyclic) bond motifs is 1. The lowest BCUT2D eigenvalue weighted by molar-refractivity contribution is -0.145. The summed E-state index contributed by atoms with van der Waals surface area (Å²) in [5, 5.41) is 18.5. The summed E-state index contributed by atoms with van der Waals surface area (Å²) in [7, 11) is 0. The van der Waals surface area contributed by atoms with Crippen LogP contribution in [-0.4, -0.2) is 68.4 Å². The number of aromatic nitrogens is 1. The van der Waals surface area contributed by atoms with Crippen LogP contribution in [0.1, 0.15) is 63.6 Å². The zero-order chi connectivity index (χ0) is 24.4. The van der Waals surface area contributed by atoms with Crippen molar-refractivity contribution in [3.8, 4) is 0 Å². The van der Waals surface area contributed by atoms with E-state index < -0.39 is 6.10 Å². The quantitative estimate of drug-likeness (QED) is 0.409. The van der Waals surface area contributed by atoms with E-state index in [4.69, 9.17) is 11.1 Å². The van der Waals surface area contributed by atoms with Gasteiger partial charge in [0, 0.05) is 42.5 Å². The zero-order valence-electron chi connectivity index (χ0n) is 20.3. The molecule has 2 aliphatic heterocycles. The van der Waals surface area contributed by atoms with E-state index in [0.717, 1.165) is 61.7 Å². The van der Waals surface area contributed by atoms with E-state index in [2.05, 4.69) is 17.6 Å². The molecule has 3 atom stereocenters. The normalized spacial score (nSPS) is 21.4. The molecule has 3 heterocycles. The Bertz CT molecular complexity index is 1080. The fourth-order valence-corrected chi connectivity index (χ4v) is 5.68. The second-order valence-corrected chi connectivity index (χ2v) is 9.73. The molecule has 1 aromatic heterocycles. The first kappa shape index (κ1) is 24.3. The number of carbonyl (C=O) groups excluding carboxylic acids is 2. The molecular weight excluding hydrogens is 430 g/mol. The Kier molecular flexibility index (Phi) is 7.26. The number of carbonyl (C=O) groups is 2. The van der Waals surface area contributed by atoms with Crippen LogP contribution in [0.3, 0.4) is 0 Å². The van der Waals surface area contributed by atoms with Crippen molar-refractivity contribution in [2.45, 2.75) is 83.5 Å². The minimum absolute atomic E-state index is 0.0696. The van der Waals surface area contributed by atoms with Crippen molar-refractivity contribution in [1.29, 1.82) is 5.41 Å². The van der Waals surface area contributed by atoms with Crippen LogP contribution in [0.5, 0.6) is 0 Å². The second kappa shape index (κ2) is 10.2. The molecule has 1 unspecified atom stereocenters. The van der Waals surface area contributed by atoms with Gasteiger partial charge in [-0.25, -0.2) is 0 Å². The number of aryl methyl sites for hydroxylation is 2. The van der Waals surface area contributed by atoms with Gasteiger partial charge in [-0.2, -0.15) is 0 Å². The van der Waals surface area contributed by atoms with Gasteiger partial charge in [-0.05, 0) is 69.9 Å². The molecule has 4 N–H and O–H groups in total. The third-order valence-corrected chi connectivity index (χ3v) is 7.34. The van der Waals surface area contributed by atoms with Gasteiger partial charge < -0.3 is 25.2 Å². The van der Waals surface area contributed by atoms with Gasteiger partial charge in [0.05, 0.1) is 12.5 Å². The number of hydrogen-bond donors (Lipinski definition) is 3. The monoisotopic (exact) mass is 467 g/mol. The Hall–Kier alpha value is -2.87. The van der Waals surface area contributed by atoms with E-state index in [0.29, 0.717) is 13.0 Å². The van der Waals surface area contributed by atoms with Crippen LogP contribution >= 0.6 is 0 Å². The molecule has 2 aromatic rings. The van der Waals surface area contributed by atoms with Crippen molar-refractivity contribution >= 4 is 28.6 Å². The van der Waals surface area contributed by atoms with Gasteiger partial charge in [0.15, 0.2) is 0 Å². The van der Waals surface area contributed by atoms with E-state index in [1.54, 1.807) is 11.8 Å². The minimum Gasteiger partial charge on any atom is -0.393 e. The van der Waals surface area contributed by atoms with Crippen LogP contribution in [0.4, 0.5) is 0 Å². The average molecular weight is 468 g/mol. The fourth-order valence-electron chi connectivity index (χ4n) is 5.68. The lowest BCUT2D eigenvalue weighted by atomic mass is 10.1. The molecule has 2 fully saturated rings. The van der Waals surface area contributed by atoms with E-state index in [1.807, 2.05) is 23.1 Å². The largest absolute Gasteiger partial charge is 0.393 e. The fraction of sp³-hybridized carbons (Fsp3) is 0.577. The topological polar surface area (TPSA) is 116 Å². The first-order valence-corrected chi connectivity index (χ1v) is 12.5. The first-order chi connectivity index (χ1) is 16.3. The van der Waals surface area contributed by atoms with Crippen molar-refractivity contribution in [2.75, 3.05) is 13.1 Å². The van der Waals surface area contributed by atoms with Crippen LogP contribution in [0.2, 0.25) is 0 Å². The first-order valence-electron chi connectivity index (χ1n) is 12.5. The number of nitrogens with two attached hydrogens (primary N) is 1. The van der Waals surface area contributed by atoms with Crippen LogP contribution in [0.15, 0.2) is 24.3 Å². The highest BCUT2D eigenvalue weighted by Crippen LogP contribution is 2.29. The molecule has 8 nitrogen and oxygen atoms in total. The number of nitrogen functional groups attached to an aromatic ring is 1. The zero-order valence-corrected chi connectivity index (χ0v) is 20.3. The number of aliphatic hydroxyl groups is 1. The molecule has 0 spiro atoms. The molecule has 0 aliphatic carbocycles. The minimum atomic E-state index is -0.694. The maximum Gasteiger partial charge on any atom is 0.245 e. The molecule has 2 amide bonds. The summed E-state index contributed by atoms with van der Waals surface area (Å²) in [6.07, 6.45) is 4.64. The molecule has 2 aliphatic rings.